The van der Waals surface area contributed by atoms with Gasteiger partial charge in [-0.25, -0.2) is 4.39 Å². The van der Waals surface area contributed by atoms with E-state index in [4.69, 9.17) is 9.15 Å². The molecule has 3 rings (SSSR count). The summed E-state index contributed by atoms with van der Waals surface area (Å²) in [7, 11) is 0. The standard InChI is InChI=1S/C22H22BrFO3/c1-15-21(25)19-14-17(24)8-11-20(19)27-22(15)16-6-9-18(10-7-16)26-13-5-3-2-4-12-23/h6-11,14H,2-5,12-13H2,1H3. The van der Waals surface area contributed by atoms with E-state index >= 15 is 0 Å². The van der Waals surface area contributed by atoms with Gasteiger partial charge in [-0.1, -0.05) is 28.8 Å². The summed E-state index contributed by atoms with van der Waals surface area (Å²) in [6.45, 7) is 2.39. The van der Waals surface area contributed by atoms with Crippen molar-refractivity contribution >= 4 is 26.9 Å². The van der Waals surface area contributed by atoms with Crippen molar-refractivity contribution < 1.29 is 13.5 Å². The summed E-state index contributed by atoms with van der Waals surface area (Å²) in [5, 5.41) is 1.31. The molecule has 0 N–H and O–H groups in total. The number of hydrogen-bond acceptors (Lipinski definition) is 3. The van der Waals surface area contributed by atoms with Gasteiger partial charge in [0.2, 0.25) is 0 Å². The molecule has 0 saturated carbocycles. The maximum Gasteiger partial charge on any atom is 0.196 e. The van der Waals surface area contributed by atoms with Gasteiger partial charge in [0.05, 0.1) is 12.0 Å². The molecule has 3 aromatic rings. The maximum atomic E-state index is 13.4. The fourth-order valence-corrected chi connectivity index (χ4v) is 3.37. The molecule has 1 aromatic heterocycles. The van der Waals surface area contributed by atoms with Gasteiger partial charge in [0, 0.05) is 16.5 Å². The zero-order valence-electron chi connectivity index (χ0n) is 15.3. The summed E-state index contributed by atoms with van der Waals surface area (Å²) in [5.74, 6) is 0.846. The molecule has 0 bridgehead atoms. The highest BCUT2D eigenvalue weighted by Gasteiger charge is 2.13. The molecule has 0 atom stereocenters. The molecule has 0 fully saturated rings. The van der Waals surface area contributed by atoms with Crippen LogP contribution < -0.4 is 10.2 Å². The Morgan fingerprint density at radius 1 is 1.04 bits per heavy atom. The van der Waals surface area contributed by atoms with E-state index in [-0.39, 0.29) is 10.8 Å². The topological polar surface area (TPSA) is 39.4 Å². The van der Waals surface area contributed by atoms with E-state index in [0.717, 1.165) is 29.5 Å². The number of halogens is 2. The predicted octanol–water partition coefficient (Wildman–Crippen LogP) is 6.24. The molecule has 0 amide bonds. The van der Waals surface area contributed by atoms with Crippen LogP contribution in [0.3, 0.4) is 0 Å². The van der Waals surface area contributed by atoms with Crippen LogP contribution in [0.1, 0.15) is 31.2 Å². The molecule has 0 unspecified atom stereocenters. The molecule has 0 radical (unpaired) electrons. The summed E-state index contributed by atoms with van der Waals surface area (Å²) in [5.41, 5.74) is 1.43. The minimum absolute atomic E-state index is 0.213. The molecule has 1 heterocycles. The third-order valence-corrected chi connectivity index (χ3v) is 5.05. The molecule has 0 aliphatic rings. The second-order valence-electron chi connectivity index (χ2n) is 6.50. The highest BCUT2D eigenvalue weighted by atomic mass is 79.9. The van der Waals surface area contributed by atoms with Crippen molar-refractivity contribution in [2.24, 2.45) is 0 Å². The van der Waals surface area contributed by atoms with Crippen molar-refractivity contribution in [3.63, 3.8) is 0 Å². The van der Waals surface area contributed by atoms with Crippen molar-refractivity contribution in [3.05, 3.63) is 64.1 Å². The van der Waals surface area contributed by atoms with Crippen LogP contribution in [0.15, 0.2) is 51.7 Å². The van der Waals surface area contributed by atoms with E-state index in [0.29, 0.717) is 23.5 Å². The zero-order chi connectivity index (χ0) is 19.2. The van der Waals surface area contributed by atoms with Crippen LogP contribution in [0.4, 0.5) is 4.39 Å². The molecule has 0 aliphatic heterocycles. The highest BCUT2D eigenvalue weighted by Crippen LogP contribution is 2.27. The molecule has 0 spiro atoms. The first-order valence-electron chi connectivity index (χ1n) is 9.12. The lowest BCUT2D eigenvalue weighted by Gasteiger charge is -2.09. The Balaban J connectivity index is 1.74. The highest BCUT2D eigenvalue weighted by molar-refractivity contribution is 9.09. The third kappa shape index (κ3) is 4.78. The number of unbranched alkanes of at least 4 members (excludes halogenated alkanes) is 3. The Kier molecular flexibility index (Phi) is 6.67. The van der Waals surface area contributed by atoms with Gasteiger partial charge in [0.15, 0.2) is 5.43 Å². The Labute approximate surface area is 166 Å². The lowest BCUT2D eigenvalue weighted by molar-refractivity contribution is 0.305. The monoisotopic (exact) mass is 432 g/mol. The van der Waals surface area contributed by atoms with Gasteiger partial charge in [-0.2, -0.15) is 0 Å². The van der Waals surface area contributed by atoms with Gasteiger partial charge in [-0.05, 0) is 62.2 Å². The second-order valence-corrected chi connectivity index (χ2v) is 7.29. The number of hydrogen-bond donors (Lipinski definition) is 0. The average Bonchev–Trinajstić information content (AvgIpc) is 2.68. The van der Waals surface area contributed by atoms with Crippen molar-refractivity contribution in [2.75, 3.05) is 11.9 Å². The molecule has 0 saturated heterocycles. The smallest absolute Gasteiger partial charge is 0.196 e. The minimum Gasteiger partial charge on any atom is -0.494 e. The van der Waals surface area contributed by atoms with Crippen LogP contribution in [0.5, 0.6) is 5.75 Å². The number of fused-ring (bicyclic) bond motifs is 1. The van der Waals surface area contributed by atoms with E-state index in [1.54, 1.807) is 6.92 Å². The second kappa shape index (κ2) is 9.18. The summed E-state index contributed by atoms with van der Waals surface area (Å²) in [6, 6.07) is 11.5. The molecular weight excluding hydrogens is 411 g/mol. The van der Waals surface area contributed by atoms with Gasteiger partial charge in [-0.15, -0.1) is 0 Å². The normalized spacial score (nSPS) is 11.1. The van der Waals surface area contributed by atoms with Crippen molar-refractivity contribution in [1.29, 1.82) is 0 Å². The Bertz CT molecular complexity index is 964. The largest absolute Gasteiger partial charge is 0.494 e. The van der Waals surface area contributed by atoms with E-state index in [1.807, 2.05) is 24.3 Å². The Hall–Kier alpha value is -2.14. The molecule has 3 nitrogen and oxygen atoms in total. The lowest BCUT2D eigenvalue weighted by Crippen LogP contribution is -2.07. The first kappa shape index (κ1) is 19.6. The van der Waals surface area contributed by atoms with Crippen molar-refractivity contribution in [1.82, 2.24) is 0 Å². The molecule has 0 aliphatic carbocycles. The first-order valence-corrected chi connectivity index (χ1v) is 10.2. The quantitative estimate of drug-likeness (QED) is 0.312. The predicted molar refractivity (Wildman–Crippen MR) is 110 cm³/mol. The van der Waals surface area contributed by atoms with Gasteiger partial charge in [0.1, 0.15) is 22.9 Å². The maximum absolute atomic E-state index is 13.4. The average molecular weight is 433 g/mol. The van der Waals surface area contributed by atoms with E-state index in [2.05, 4.69) is 15.9 Å². The van der Waals surface area contributed by atoms with Crippen LogP contribution in [0, 0.1) is 12.7 Å². The molecule has 27 heavy (non-hydrogen) atoms. The van der Waals surface area contributed by atoms with E-state index in [1.165, 1.54) is 31.0 Å². The minimum atomic E-state index is -0.448. The lowest BCUT2D eigenvalue weighted by atomic mass is 10.1. The van der Waals surface area contributed by atoms with Crippen LogP contribution in [-0.4, -0.2) is 11.9 Å². The number of ether oxygens (including phenoxy) is 1. The summed E-state index contributed by atoms with van der Waals surface area (Å²) in [4.78, 5) is 12.5. The fourth-order valence-electron chi connectivity index (χ4n) is 2.98. The van der Waals surface area contributed by atoms with E-state index < -0.39 is 5.82 Å². The Morgan fingerprint density at radius 2 is 1.78 bits per heavy atom. The molecule has 5 heteroatoms. The molecule has 2 aromatic carbocycles. The van der Waals surface area contributed by atoms with Gasteiger partial charge in [-0.3, -0.25) is 4.79 Å². The number of alkyl halides is 1. The van der Waals surface area contributed by atoms with Crippen LogP contribution in [-0.2, 0) is 0 Å². The van der Waals surface area contributed by atoms with Crippen LogP contribution in [0.2, 0.25) is 0 Å². The van der Waals surface area contributed by atoms with Crippen molar-refractivity contribution in [3.8, 4) is 17.1 Å². The summed E-state index contributed by atoms with van der Waals surface area (Å²) >= 11 is 3.43. The zero-order valence-corrected chi connectivity index (χ0v) is 16.9. The van der Waals surface area contributed by atoms with Crippen molar-refractivity contribution in [2.45, 2.75) is 32.6 Å². The third-order valence-electron chi connectivity index (χ3n) is 4.49. The first-order chi connectivity index (χ1) is 13.1. The van der Waals surface area contributed by atoms with Gasteiger partial charge >= 0.3 is 0 Å². The SMILES string of the molecule is Cc1c(-c2ccc(OCCCCCCBr)cc2)oc2ccc(F)cc2c1=O. The van der Waals surface area contributed by atoms with Gasteiger partial charge < -0.3 is 9.15 Å². The Morgan fingerprint density at radius 3 is 2.52 bits per heavy atom. The molecule has 142 valence electrons. The van der Waals surface area contributed by atoms with Crippen LogP contribution in [0.25, 0.3) is 22.3 Å². The van der Waals surface area contributed by atoms with Crippen LogP contribution >= 0.6 is 15.9 Å². The number of rotatable bonds is 8. The van der Waals surface area contributed by atoms with Gasteiger partial charge in [0.25, 0.3) is 0 Å². The van der Waals surface area contributed by atoms with E-state index in [9.17, 15) is 9.18 Å². The fraction of sp³-hybridized carbons (Fsp3) is 0.318. The molecular formula is C22H22BrFO3. The summed E-state index contributed by atoms with van der Waals surface area (Å²) < 4.78 is 25.1. The number of benzene rings is 2. The summed E-state index contributed by atoms with van der Waals surface area (Å²) in [6.07, 6.45) is 4.59.